The number of carbonyl (C=O) groups excluding carboxylic acids is 1. The normalized spacial score (nSPS) is 10.1. The molecule has 0 saturated heterocycles. The van der Waals surface area contributed by atoms with Crippen molar-refractivity contribution in [3.63, 3.8) is 0 Å². The van der Waals surface area contributed by atoms with E-state index < -0.39 is 0 Å². The van der Waals surface area contributed by atoms with E-state index in [2.05, 4.69) is 0 Å². The van der Waals surface area contributed by atoms with Gasteiger partial charge in [-0.15, -0.1) is 0 Å². The molecule has 60 valence electrons. The highest BCUT2D eigenvalue weighted by Crippen LogP contribution is 1.99. The van der Waals surface area contributed by atoms with Crippen molar-refractivity contribution in [2.75, 3.05) is 13.7 Å². The highest BCUT2D eigenvalue weighted by atomic mass is 16.7. The summed E-state index contributed by atoms with van der Waals surface area (Å²) in [6, 6.07) is 0. The van der Waals surface area contributed by atoms with Crippen LogP contribution in [0.4, 0.5) is 0 Å². The largest absolute Gasteiger partial charge is 0.274 e. The van der Waals surface area contributed by atoms with E-state index in [4.69, 9.17) is 4.84 Å². The fraction of sp³-hybridized carbons (Fsp3) is 0.857. The zero-order valence-corrected chi connectivity index (χ0v) is 7.05. The number of hydroxylamine groups is 2. The van der Waals surface area contributed by atoms with Crippen LogP contribution in [-0.2, 0) is 9.63 Å². The summed E-state index contributed by atoms with van der Waals surface area (Å²) in [7, 11) is 1.50. The van der Waals surface area contributed by atoms with Crippen LogP contribution in [0.2, 0.25) is 0 Å². The summed E-state index contributed by atoms with van der Waals surface area (Å²) in [6.07, 6.45) is 0. The highest BCUT2D eigenvalue weighted by Gasteiger charge is 2.13. The van der Waals surface area contributed by atoms with Gasteiger partial charge >= 0.3 is 0 Å². The first kappa shape index (κ1) is 9.43. The van der Waals surface area contributed by atoms with E-state index in [1.807, 2.05) is 20.8 Å². The molecule has 0 N–H and O–H groups in total. The van der Waals surface area contributed by atoms with Crippen molar-refractivity contribution in [3.8, 4) is 0 Å². The van der Waals surface area contributed by atoms with Gasteiger partial charge in [-0.25, -0.2) is 5.06 Å². The van der Waals surface area contributed by atoms with Crippen molar-refractivity contribution in [2.24, 2.45) is 5.92 Å². The molecule has 0 aliphatic rings. The lowest BCUT2D eigenvalue weighted by Crippen LogP contribution is -2.32. The second-order valence-corrected chi connectivity index (χ2v) is 2.37. The minimum Gasteiger partial charge on any atom is -0.274 e. The molecule has 0 radical (unpaired) electrons. The Morgan fingerprint density at radius 1 is 1.60 bits per heavy atom. The van der Waals surface area contributed by atoms with Crippen LogP contribution in [0.15, 0.2) is 0 Å². The number of hydrogen-bond donors (Lipinski definition) is 0. The summed E-state index contributed by atoms with van der Waals surface area (Å²) in [5, 5.41) is 1.35. The van der Waals surface area contributed by atoms with Crippen LogP contribution in [0.5, 0.6) is 0 Å². The van der Waals surface area contributed by atoms with Gasteiger partial charge in [-0.05, 0) is 6.92 Å². The lowest BCUT2D eigenvalue weighted by molar-refractivity contribution is -0.178. The molecule has 0 rings (SSSR count). The molecular weight excluding hydrogens is 130 g/mol. The van der Waals surface area contributed by atoms with Crippen molar-refractivity contribution in [1.29, 1.82) is 0 Å². The van der Waals surface area contributed by atoms with E-state index in [0.717, 1.165) is 0 Å². The number of amides is 1. The summed E-state index contributed by atoms with van der Waals surface area (Å²) in [5.41, 5.74) is 0. The van der Waals surface area contributed by atoms with Crippen molar-refractivity contribution in [1.82, 2.24) is 5.06 Å². The second-order valence-electron chi connectivity index (χ2n) is 2.37. The monoisotopic (exact) mass is 145 g/mol. The predicted molar refractivity (Wildman–Crippen MR) is 39.2 cm³/mol. The van der Waals surface area contributed by atoms with E-state index >= 15 is 0 Å². The Balaban J connectivity index is 3.89. The Bertz CT molecular complexity index is 108. The molecule has 0 fully saturated rings. The average Bonchev–Trinajstić information content (AvgIpc) is 1.90. The van der Waals surface area contributed by atoms with Crippen molar-refractivity contribution < 1.29 is 9.63 Å². The summed E-state index contributed by atoms with van der Waals surface area (Å²) >= 11 is 0. The standard InChI is InChI=1S/C7H15NO2/c1-5-8(10-4)7(9)6(2)3/h6H,5H2,1-4H3. The minimum absolute atomic E-state index is 0.0138. The molecule has 0 atom stereocenters. The maximum atomic E-state index is 11.1. The Morgan fingerprint density at radius 2 is 2.10 bits per heavy atom. The van der Waals surface area contributed by atoms with Crippen LogP contribution in [0, 0.1) is 5.92 Å². The molecule has 0 aliphatic heterocycles. The van der Waals surface area contributed by atoms with Gasteiger partial charge in [0.2, 0.25) is 5.91 Å². The molecule has 0 aromatic rings. The molecule has 0 aromatic carbocycles. The van der Waals surface area contributed by atoms with Crippen molar-refractivity contribution in [3.05, 3.63) is 0 Å². The second kappa shape index (κ2) is 4.28. The maximum absolute atomic E-state index is 11.1. The Morgan fingerprint density at radius 3 is 2.20 bits per heavy atom. The molecule has 0 bridgehead atoms. The molecular formula is C7H15NO2. The van der Waals surface area contributed by atoms with E-state index in [1.165, 1.54) is 12.2 Å². The van der Waals surface area contributed by atoms with Crippen LogP contribution in [-0.4, -0.2) is 24.6 Å². The van der Waals surface area contributed by atoms with E-state index in [0.29, 0.717) is 6.54 Å². The first-order valence-electron chi connectivity index (χ1n) is 3.49. The van der Waals surface area contributed by atoms with E-state index in [1.54, 1.807) is 0 Å². The van der Waals surface area contributed by atoms with Gasteiger partial charge in [0.05, 0.1) is 7.11 Å². The molecule has 0 spiro atoms. The Kier molecular flexibility index (Phi) is 4.03. The number of rotatable bonds is 3. The number of carbonyl (C=O) groups is 1. The van der Waals surface area contributed by atoms with Gasteiger partial charge in [-0.2, -0.15) is 0 Å². The zero-order chi connectivity index (χ0) is 8.15. The summed E-state index contributed by atoms with van der Waals surface area (Å²) < 4.78 is 0. The smallest absolute Gasteiger partial charge is 0.248 e. The van der Waals surface area contributed by atoms with Crippen molar-refractivity contribution in [2.45, 2.75) is 20.8 Å². The molecule has 3 heteroatoms. The zero-order valence-electron chi connectivity index (χ0n) is 7.05. The van der Waals surface area contributed by atoms with E-state index in [-0.39, 0.29) is 11.8 Å². The van der Waals surface area contributed by atoms with Gasteiger partial charge in [0.15, 0.2) is 0 Å². The van der Waals surface area contributed by atoms with Crippen LogP contribution in [0.1, 0.15) is 20.8 Å². The molecule has 0 aromatic heterocycles. The van der Waals surface area contributed by atoms with Crippen LogP contribution in [0.25, 0.3) is 0 Å². The third-order valence-electron chi connectivity index (χ3n) is 1.25. The average molecular weight is 145 g/mol. The van der Waals surface area contributed by atoms with Crippen LogP contribution < -0.4 is 0 Å². The number of nitrogens with zero attached hydrogens (tertiary/aromatic N) is 1. The van der Waals surface area contributed by atoms with Gasteiger partial charge in [0.1, 0.15) is 0 Å². The van der Waals surface area contributed by atoms with Crippen LogP contribution >= 0.6 is 0 Å². The van der Waals surface area contributed by atoms with Crippen molar-refractivity contribution >= 4 is 5.91 Å². The fourth-order valence-corrected chi connectivity index (χ4v) is 0.663. The third kappa shape index (κ3) is 2.35. The Labute approximate surface area is 61.9 Å². The topological polar surface area (TPSA) is 29.5 Å². The van der Waals surface area contributed by atoms with Gasteiger partial charge in [-0.1, -0.05) is 13.8 Å². The maximum Gasteiger partial charge on any atom is 0.248 e. The van der Waals surface area contributed by atoms with Gasteiger partial charge in [-0.3, -0.25) is 9.63 Å². The van der Waals surface area contributed by atoms with E-state index in [9.17, 15) is 4.79 Å². The highest BCUT2D eigenvalue weighted by molar-refractivity contribution is 5.76. The first-order valence-corrected chi connectivity index (χ1v) is 3.49. The minimum atomic E-state index is 0.0138. The van der Waals surface area contributed by atoms with Crippen LogP contribution in [0.3, 0.4) is 0 Å². The fourth-order valence-electron chi connectivity index (χ4n) is 0.663. The molecule has 0 saturated carbocycles. The molecule has 0 aliphatic carbocycles. The molecule has 1 amide bonds. The molecule has 0 heterocycles. The number of hydrogen-bond acceptors (Lipinski definition) is 2. The SMILES string of the molecule is CCN(OC)C(=O)C(C)C. The predicted octanol–water partition coefficient (Wildman–Crippen LogP) is 1.05. The lowest BCUT2D eigenvalue weighted by Gasteiger charge is -2.19. The summed E-state index contributed by atoms with van der Waals surface area (Å²) in [5.74, 6) is 0.0462. The third-order valence-corrected chi connectivity index (χ3v) is 1.25. The molecule has 0 unspecified atom stereocenters. The molecule has 3 nitrogen and oxygen atoms in total. The Hall–Kier alpha value is -0.570. The summed E-state index contributed by atoms with van der Waals surface area (Å²) in [6.45, 7) is 6.19. The van der Waals surface area contributed by atoms with Gasteiger partial charge in [0.25, 0.3) is 0 Å². The van der Waals surface area contributed by atoms with Gasteiger partial charge in [0, 0.05) is 12.5 Å². The first-order chi connectivity index (χ1) is 4.63. The lowest BCUT2D eigenvalue weighted by atomic mass is 10.2. The quantitative estimate of drug-likeness (QED) is 0.555. The molecule has 10 heavy (non-hydrogen) atoms. The van der Waals surface area contributed by atoms with Gasteiger partial charge < -0.3 is 0 Å². The summed E-state index contributed by atoms with van der Waals surface area (Å²) in [4.78, 5) is 15.9.